The molecule has 130 valence electrons. The van der Waals surface area contributed by atoms with Crippen molar-refractivity contribution < 1.29 is 13.2 Å². The van der Waals surface area contributed by atoms with Crippen LogP contribution in [0.4, 0.5) is 4.79 Å². The van der Waals surface area contributed by atoms with E-state index in [1.807, 2.05) is 18.2 Å². The van der Waals surface area contributed by atoms with Gasteiger partial charge in [0.05, 0.1) is 5.75 Å². The lowest BCUT2D eigenvalue weighted by Gasteiger charge is -2.24. The molecule has 1 N–H and O–H groups in total. The largest absolute Gasteiger partial charge is 0.338 e. The molecular weight excluding hydrogens is 324 g/mol. The minimum atomic E-state index is -3.11. The number of urea groups is 1. The summed E-state index contributed by atoms with van der Waals surface area (Å²) in [6, 6.07) is 13.7. The Kier molecular flexibility index (Phi) is 5.83. The van der Waals surface area contributed by atoms with Crippen molar-refractivity contribution in [3.8, 4) is 0 Å². The Hall–Kier alpha value is -2.08. The van der Waals surface area contributed by atoms with E-state index in [2.05, 4.69) is 29.6 Å². The fraction of sp³-hybridized carbons (Fsp3) is 0.389. The molecule has 1 atom stereocenters. The van der Waals surface area contributed by atoms with E-state index in [0.29, 0.717) is 6.54 Å². The molecular formula is C18H24N2O3S. The van der Waals surface area contributed by atoms with Crippen molar-refractivity contribution in [2.45, 2.75) is 19.4 Å². The summed E-state index contributed by atoms with van der Waals surface area (Å²) >= 11 is 0. The summed E-state index contributed by atoms with van der Waals surface area (Å²) in [6.07, 6.45) is 1.90. The van der Waals surface area contributed by atoms with Crippen LogP contribution in [0, 0.1) is 0 Å². The molecule has 2 aromatic carbocycles. The first kappa shape index (κ1) is 18.3. The molecule has 6 heteroatoms. The van der Waals surface area contributed by atoms with E-state index in [4.69, 9.17) is 0 Å². The Balaban J connectivity index is 1.92. The number of amides is 2. The maximum absolute atomic E-state index is 12.1. The van der Waals surface area contributed by atoms with Crippen molar-refractivity contribution >= 4 is 26.6 Å². The molecule has 0 fully saturated rings. The van der Waals surface area contributed by atoms with E-state index in [1.54, 1.807) is 14.0 Å². The highest BCUT2D eigenvalue weighted by Crippen LogP contribution is 2.18. The monoisotopic (exact) mass is 348 g/mol. The van der Waals surface area contributed by atoms with Gasteiger partial charge in [-0.25, -0.2) is 13.2 Å². The van der Waals surface area contributed by atoms with E-state index >= 15 is 0 Å². The summed E-state index contributed by atoms with van der Waals surface area (Å²) in [5.74, 6) is -0.0414. The van der Waals surface area contributed by atoms with Gasteiger partial charge in [-0.1, -0.05) is 42.5 Å². The Morgan fingerprint density at radius 2 is 1.83 bits per heavy atom. The molecule has 2 amide bonds. The van der Waals surface area contributed by atoms with Crippen molar-refractivity contribution in [1.29, 1.82) is 0 Å². The molecule has 0 aliphatic heterocycles. The standard InChI is InChI=1S/C18H24N2O3S/c1-14(13-24(3,22)23)20(2)18(21)19-12-11-16-9-6-8-15-7-4-5-10-17(15)16/h4-10,14H,11-13H2,1-3H3,(H,19,21)/t14-/m0/s1. The van der Waals surface area contributed by atoms with Gasteiger partial charge < -0.3 is 10.2 Å². The predicted molar refractivity (Wildman–Crippen MR) is 98.0 cm³/mol. The number of nitrogens with zero attached hydrogens (tertiary/aromatic N) is 1. The Bertz CT molecular complexity index is 813. The third kappa shape index (κ3) is 4.96. The zero-order chi connectivity index (χ0) is 17.7. The third-order valence-electron chi connectivity index (χ3n) is 4.08. The van der Waals surface area contributed by atoms with Crippen molar-refractivity contribution in [2.75, 3.05) is 25.6 Å². The summed E-state index contributed by atoms with van der Waals surface area (Å²) < 4.78 is 22.7. The zero-order valence-electron chi connectivity index (χ0n) is 14.3. The number of carbonyl (C=O) groups is 1. The molecule has 0 radical (unpaired) electrons. The molecule has 0 aliphatic carbocycles. The second kappa shape index (κ2) is 7.66. The first-order chi connectivity index (χ1) is 11.3. The van der Waals surface area contributed by atoms with Crippen molar-refractivity contribution in [3.05, 3.63) is 48.0 Å². The van der Waals surface area contributed by atoms with Crippen molar-refractivity contribution in [3.63, 3.8) is 0 Å². The number of fused-ring (bicyclic) bond motifs is 1. The number of rotatable bonds is 6. The molecule has 0 bridgehead atoms. The lowest BCUT2D eigenvalue weighted by atomic mass is 10.0. The molecule has 0 heterocycles. The molecule has 5 nitrogen and oxygen atoms in total. The number of benzene rings is 2. The fourth-order valence-electron chi connectivity index (χ4n) is 2.69. The molecule has 0 spiro atoms. The van der Waals surface area contributed by atoms with E-state index in [0.717, 1.165) is 6.42 Å². The molecule has 2 aromatic rings. The zero-order valence-corrected chi connectivity index (χ0v) is 15.1. The second-order valence-electron chi connectivity index (χ2n) is 6.17. The quantitative estimate of drug-likeness (QED) is 0.872. The highest BCUT2D eigenvalue weighted by molar-refractivity contribution is 7.90. The van der Waals surface area contributed by atoms with Crippen molar-refractivity contribution in [1.82, 2.24) is 10.2 Å². The van der Waals surface area contributed by atoms with E-state index < -0.39 is 9.84 Å². The maximum Gasteiger partial charge on any atom is 0.317 e. The van der Waals surface area contributed by atoms with Gasteiger partial charge in [0, 0.05) is 25.9 Å². The van der Waals surface area contributed by atoms with Crippen LogP contribution < -0.4 is 5.32 Å². The van der Waals surface area contributed by atoms with Crippen LogP contribution in [-0.4, -0.2) is 51.0 Å². The molecule has 2 rings (SSSR count). The third-order valence-corrected chi connectivity index (χ3v) is 5.16. The summed E-state index contributed by atoms with van der Waals surface area (Å²) in [7, 11) is -1.50. The van der Waals surface area contributed by atoms with Crippen molar-refractivity contribution in [2.24, 2.45) is 0 Å². The number of nitrogens with one attached hydrogen (secondary N) is 1. The lowest BCUT2D eigenvalue weighted by molar-refractivity contribution is 0.198. The Morgan fingerprint density at radius 1 is 1.17 bits per heavy atom. The highest BCUT2D eigenvalue weighted by Gasteiger charge is 2.19. The van der Waals surface area contributed by atoms with E-state index in [1.165, 1.54) is 27.5 Å². The summed E-state index contributed by atoms with van der Waals surface area (Å²) in [6.45, 7) is 2.23. The van der Waals surface area contributed by atoms with Gasteiger partial charge >= 0.3 is 6.03 Å². The van der Waals surface area contributed by atoms with Crippen LogP contribution in [0.15, 0.2) is 42.5 Å². The predicted octanol–water partition coefficient (Wildman–Crippen LogP) is 2.46. The average molecular weight is 348 g/mol. The number of hydrogen-bond donors (Lipinski definition) is 1. The minimum Gasteiger partial charge on any atom is -0.338 e. The molecule has 0 saturated heterocycles. The highest BCUT2D eigenvalue weighted by atomic mass is 32.2. The molecule has 24 heavy (non-hydrogen) atoms. The molecule has 0 aromatic heterocycles. The second-order valence-corrected chi connectivity index (χ2v) is 8.36. The lowest BCUT2D eigenvalue weighted by Crippen LogP contribution is -2.45. The van der Waals surface area contributed by atoms with E-state index in [9.17, 15) is 13.2 Å². The van der Waals surface area contributed by atoms with Crippen LogP contribution >= 0.6 is 0 Å². The summed E-state index contributed by atoms with van der Waals surface area (Å²) in [5, 5.41) is 5.22. The van der Waals surface area contributed by atoms with E-state index in [-0.39, 0.29) is 17.8 Å². The SMILES string of the molecule is C[C@@H](CS(C)(=O)=O)N(C)C(=O)NCCc1cccc2ccccc12. The molecule has 0 unspecified atom stereocenters. The first-order valence-electron chi connectivity index (χ1n) is 7.93. The van der Waals surface area contributed by atoms with Crippen LogP contribution in [-0.2, 0) is 16.3 Å². The molecule has 0 saturated carbocycles. The van der Waals surface area contributed by atoms with Gasteiger partial charge in [-0.2, -0.15) is 0 Å². The average Bonchev–Trinajstić information content (AvgIpc) is 2.52. The molecule has 0 aliphatic rings. The van der Waals surface area contributed by atoms with Gasteiger partial charge in [-0.15, -0.1) is 0 Å². The summed E-state index contributed by atoms with van der Waals surface area (Å²) in [5.41, 5.74) is 1.18. The Morgan fingerprint density at radius 3 is 2.54 bits per heavy atom. The minimum absolute atomic E-state index is 0.0414. The van der Waals surface area contributed by atoms with Gasteiger partial charge in [0.1, 0.15) is 9.84 Å². The van der Waals surface area contributed by atoms with Crippen LogP contribution in [0.3, 0.4) is 0 Å². The first-order valence-corrected chi connectivity index (χ1v) is 9.99. The van der Waals surface area contributed by atoms with Gasteiger partial charge in [-0.3, -0.25) is 0 Å². The van der Waals surface area contributed by atoms with Gasteiger partial charge in [0.2, 0.25) is 0 Å². The number of sulfone groups is 1. The normalized spacial score (nSPS) is 12.8. The van der Waals surface area contributed by atoms with Crippen LogP contribution in [0.2, 0.25) is 0 Å². The van der Waals surface area contributed by atoms with Crippen LogP contribution in [0.1, 0.15) is 12.5 Å². The van der Waals surface area contributed by atoms with Gasteiger partial charge in [0.25, 0.3) is 0 Å². The topological polar surface area (TPSA) is 66.5 Å². The Labute approximate surface area is 143 Å². The number of hydrogen-bond acceptors (Lipinski definition) is 3. The van der Waals surface area contributed by atoms with Crippen LogP contribution in [0.5, 0.6) is 0 Å². The number of carbonyl (C=O) groups excluding carboxylic acids is 1. The van der Waals surface area contributed by atoms with Crippen LogP contribution in [0.25, 0.3) is 10.8 Å². The smallest absolute Gasteiger partial charge is 0.317 e. The fourth-order valence-corrected chi connectivity index (χ4v) is 3.79. The summed E-state index contributed by atoms with van der Waals surface area (Å²) in [4.78, 5) is 13.6. The maximum atomic E-state index is 12.1. The van der Waals surface area contributed by atoms with Gasteiger partial charge in [-0.05, 0) is 29.7 Å². The van der Waals surface area contributed by atoms with Gasteiger partial charge in [0.15, 0.2) is 0 Å².